The molecule has 0 bridgehead atoms. The number of carbonyl (C=O) groups is 3. The third-order valence-electron chi connectivity index (χ3n) is 5.12. The van der Waals surface area contributed by atoms with E-state index in [2.05, 4.69) is 20.3 Å². The second kappa shape index (κ2) is 12.8. The second-order valence-corrected chi connectivity index (χ2v) is 8.15. The molecule has 0 aliphatic carbocycles. The van der Waals surface area contributed by atoms with E-state index in [9.17, 15) is 23.9 Å². The largest absolute Gasteiger partial charge is 0.508 e. The summed E-state index contributed by atoms with van der Waals surface area (Å²) in [6.07, 6.45) is 4.37. The van der Waals surface area contributed by atoms with Crippen LogP contribution in [0, 0.1) is 11.7 Å². The summed E-state index contributed by atoms with van der Waals surface area (Å²) in [5, 5.41) is 21.1. The number of amides is 3. The number of phenols is 1. The Morgan fingerprint density at radius 3 is 2.55 bits per heavy atom. The lowest BCUT2D eigenvalue weighted by molar-refractivity contribution is -0.141. The van der Waals surface area contributed by atoms with E-state index in [1.165, 1.54) is 54.7 Å². The number of carboxylic acids is 1. The number of aromatic hydroxyl groups is 1. The zero-order chi connectivity index (χ0) is 27.7. The topological polar surface area (TPSA) is 158 Å². The van der Waals surface area contributed by atoms with Gasteiger partial charge in [-0.2, -0.15) is 0 Å². The smallest absolute Gasteiger partial charge is 0.330 e. The standard InChI is InChI=1S/C25H25FN6O6/c1-16(23(35)36)13-32(15-33)25(37)30-24(31(2)14-17-3-6-19(34)7-4-17)29-18-5-8-21(20(26)11-18)38-22-12-27-9-10-28-22/h3-12,15-16,34H,13-14H2,1-2H3,(H,35,36)(H,29,30,37)/t16-/m0/s1. The maximum absolute atomic E-state index is 14.8. The van der Waals surface area contributed by atoms with Crippen LogP contribution in [-0.2, 0) is 16.1 Å². The molecular weight excluding hydrogens is 499 g/mol. The SMILES string of the molecule is C[C@@H](CN(C=O)C(=O)NC(=Nc1ccc(Oc2cnccn2)c(F)c1)N(C)Cc1ccc(O)cc1)C(=O)O. The molecule has 0 spiro atoms. The molecule has 0 unspecified atom stereocenters. The predicted octanol–water partition coefficient (Wildman–Crippen LogP) is 3.12. The van der Waals surface area contributed by atoms with Gasteiger partial charge in [0.2, 0.25) is 18.2 Å². The van der Waals surface area contributed by atoms with E-state index in [0.29, 0.717) is 4.90 Å². The number of carboxylic acid groups (broad SMARTS) is 1. The first-order valence-corrected chi connectivity index (χ1v) is 11.2. The molecular formula is C25H25FN6O6. The molecule has 3 amide bonds. The van der Waals surface area contributed by atoms with Crippen molar-refractivity contribution in [3.05, 3.63) is 72.4 Å². The fraction of sp³-hybridized carbons (Fsp3) is 0.200. The first-order chi connectivity index (χ1) is 18.2. The molecule has 1 aromatic heterocycles. The van der Waals surface area contributed by atoms with Crippen LogP contribution in [0.3, 0.4) is 0 Å². The summed E-state index contributed by atoms with van der Waals surface area (Å²) in [5.74, 6) is -2.95. The second-order valence-electron chi connectivity index (χ2n) is 8.15. The molecule has 0 aliphatic rings. The molecule has 0 saturated carbocycles. The number of aliphatic carboxylic acids is 1. The summed E-state index contributed by atoms with van der Waals surface area (Å²) in [7, 11) is 1.60. The van der Waals surface area contributed by atoms with Crippen LogP contribution in [0.2, 0.25) is 0 Å². The molecule has 3 rings (SSSR count). The summed E-state index contributed by atoms with van der Waals surface area (Å²) in [6.45, 7) is 1.19. The summed E-state index contributed by atoms with van der Waals surface area (Å²) < 4.78 is 20.1. The number of guanidine groups is 1. The van der Waals surface area contributed by atoms with Crippen molar-refractivity contribution in [3.8, 4) is 17.4 Å². The zero-order valence-electron chi connectivity index (χ0n) is 20.5. The number of aliphatic imine (C=N–C) groups is 1. The van der Waals surface area contributed by atoms with E-state index in [0.717, 1.165) is 11.6 Å². The van der Waals surface area contributed by atoms with Crippen molar-refractivity contribution < 1.29 is 33.7 Å². The minimum Gasteiger partial charge on any atom is -0.508 e. The number of phenolic OH excluding ortho intramolecular Hbond substituents is 1. The molecule has 0 fully saturated rings. The molecule has 2 aromatic carbocycles. The van der Waals surface area contributed by atoms with Crippen molar-refractivity contribution in [2.75, 3.05) is 13.6 Å². The summed E-state index contributed by atoms with van der Waals surface area (Å²) in [5.41, 5.74) is 0.858. The van der Waals surface area contributed by atoms with Gasteiger partial charge in [-0.25, -0.2) is 19.2 Å². The number of halogens is 1. The van der Waals surface area contributed by atoms with Gasteiger partial charge in [0.1, 0.15) is 5.75 Å². The number of aromatic nitrogens is 2. The van der Waals surface area contributed by atoms with Crippen LogP contribution in [0.4, 0.5) is 14.9 Å². The third kappa shape index (κ3) is 7.71. The molecule has 38 heavy (non-hydrogen) atoms. The Hall–Kier alpha value is -5.07. The predicted molar refractivity (Wildman–Crippen MR) is 133 cm³/mol. The Morgan fingerprint density at radius 2 is 1.95 bits per heavy atom. The lowest BCUT2D eigenvalue weighted by atomic mass is 10.2. The highest BCUT2D eigenvalue weighted by atomic mass is 19.1. The van der Waals surface area contributed by atoms with E-state index in [1.54, 1.807) is 19.2 Å². The van der Waals surface area contributed by atoms with Crippen molar-refractivity contribution in [2.24, 2.45) is 10.9 Å². The van der Waals surface area contributed by atoms with E-state index in [1.807, 2.05) is 0 Å². The van der Waals surface area contributed by atoms with Gasteiger partial charge in [-0.05, 0) is 29.8 Å². The highest BCUT2D eigenvalue weighted by molar-refractivity contribution is 6.00. The third-order valence-corrected chi connectivity index (χ3v) is 5.12. The van der Waals surface area contributed by atoms with Crippen LogP contribution < -0.4 is 10.1 Å². The van der Waals surface area contributed by atoms with Crippen LogP contribution in [0.1, 0.15) is 12.5 Å². The van der Waals surface area contributed by atoms with E-state index < -0.39 is 23.7 Å². The van der Waals surface area contributed by atoms with Crippen LogP contribution >= 0.6 is 0 Å². The number of hydrogen-bond acceptors (Lipinski definition) is 8. The number of nitrogens with zero attached hydrogens (tertiary/aromatic N) is 5. The molecule has 3 aromatic rings. The van der Waals surface area contributed by atoms with Crippen LogP contribution in [0.25, 0.3) is 0 Å². The minimum absolute atomic E-state index is 0.0557. The number of carbonyl (C=O) groups excluding carboxylic acids is 2. The Kier molecular flexibility index (Phi) is 9.24. The van der Waals surface area contributed by atoms with Gasteiger partial charge in [0.05, 0.1) is 17.8 Å². The number of ether oxygens (including phenoxy) is 1. The fourth-order valence-corrected chi connectivity index (χ4v) is 3.09. The van der Waals surface area contributed by atoms with Gasteiger partial charge in [-0.1, -0.05) is 19.1 Å². The lowest BCUT2D eigenvalue weighted by Crippen LogP contribution is -2.49. The highest BCUT2D eigenvalue weighted by Gasteiger charge is 2.22. The van der Waals surface area contributed by atoms with E-state index >= 15 is 0 Å². The molecule has 1 heterocycles. The average Bonchev–Trinajstić information content (AvgIpc) is 2.90. The van der Waals surface area contributed by atoms with Gasteiger partial charge in [-0.15, -0.1) is 0 Å². The fourth-order valence-electron chi connectivity index (χ4n) is 3.09. The summed E-state index contributed by atoms with van der Waals surface area (Å²) in [6, 6.07) is 9.24. The Bertz CT molecular complexity index is 1310. The number of benzene rings is 2. The number of rotatable bonds is 9. The highest BCUT2D eigenvalue weighted by Crippen LogP contribution is 2.26. The Balaban J connectivity index is 1.87. The maximum atomic E-state index is 14.8. The molecule has 3 N–H and O–H groups in total. The van der Waals surface area contributed by atoms with Crippen molar-refractivity contribution >= 4 is 30.1 Å². The van der Waals surface area contributed by atoms with Crippen molar-refractivity contribution in [1.82, 2.24) is 25.1 Å². The monoisotopic (exact) mass is 524 g/mol. The van der Waals surface area contributed by atoms with Gasteiger partial charge in [0.15, 0.2) is 11.6 Å². The molecule has 0 saturated heterocycles. The van der Waals surface area contributed by atoms with E-state index in [4.69, 9.17) is 9.84 Å². The molecule has 13 heteroatoms. The molecule has 0 aliphatic heterocycles. The van der Waals surface area contributed by atoms with Crippen molar-refractivity contribution in [3.63, 3.8) is 0 Å². The van der Waals surface area contributed by atoms with Gasteiger partial charge in [0.25, 0.3) is 0 Å². The lowest BCUT2D eigenvalue weighted by Gasteiger charge is -2.24. The summed E-state index contributed by atoms with van der Waals surface area (Å²) in [4.78, 5) is 49.8. The first kappa shape index (κ1) is 27.5. The molecule has 0 radical (unpaired) electrons. The summed E-state index contributed by atoms with van der Waals surface area (Å²) >= 11 is 0. The van der Waals surface area contributed by atoms with E-state index in [-0.39, 0.29) is 48.5 Å². The Labute approximate surface area is 217 Å². The van der Waals surface area contributed by atoms with Crippen molar-refractivity contribution in [1.29, 1.82) is 0 Å². The number of imide groups is 1. The minimum atomic E-state index is -1.18. The maximum Gasteiger partial charge on any atom is 0.330 e. The molecule has 1 atom stereocenters. The molecule has 12 nitrogen and oxygen atoms in total. The van der Waals surface area contributed by atoms with Gasteiger partial charge in [0, 0.05) is 38.6 Å². The Morgan fingerprint density at radius 1 is 1.21 bits per heavy atom. The zero-order valence-corrected chi connectivity index (χ0v) is 20.5. The normalized spacial score (nSPS) is 11.8. The number of urea groups is 1. The molecule has 198 valence electrons. The number of hydrogen-bond donors (Lipinski definition) is 3. The van der Waals surface area contributed by atoms with Gasteiger partial charge < -0.3 is 19.8 Å². The number of nitrogens with one attached hydrogen (secondary N) is 1. The quantitative estimate of drug-likeness (QED) is 0.217. The first-order valence-electron chi connectivity index (χ1n) is 11.2. The van der Waals surface area contributed by atoms with Crippen LogP contribution in [-0.4, -0.2) is 67.9 Å². The van der Waals surface area contributed by atoms with Crippen LogP contribution in [0.5, 0.6) is 17.4 Å². The van der Waals surface area contributed by atoms with Crippen LogP contribution in [0.15, 0.2) is 66.0 Å². The van der Waals surface area contributed by atoms with Crippen molar-refractivity contribution in [2.45, 2.75) is 13.5 Å². The van der Waals surface area contributed by atoms with Gasteiger partial charge >= 0.3 is 12.0 Å². The van der Waals surface area contributed by atoms with Gasteiger partial charge in [-0.3, -0.25) is 24.8 Å². The average molecular weight is 525 g/mol.